The highest BCUT2D eigenvalue weighted by molar-refractivity contribution is 7.15. The maximum absolute atomic E-state index is 5.23. The molecule has 0 spiro atoms. The second kappa shape index (κ2) is 6.04. The molecular weight excluding hydrogens is 230 g/mol. The molecule has 4 heteroatoms. The molecule has 0 bridgehead atoms. The van der Waals surface area contributed by atoms with E-state index in [4.69, 9.17) is 6.42 Å². The summed E-state index contributed by atoms with van der Waals surface area (Å²) in [6.07, 6.45) is 9.83. The number of thiazole rings is 1. The number of aromatic nitrogens is 1. The van der Waals surface area contributed by atoms with Crippen LogP contribution in [0.5, 0.6) is 0 Å². The monoisotopic (exact) mass is 249 g/mol. The lowest BCUT2D eigenvalue weighted by molar-refractivity contribution is 0.460. The summed E-state index contributed by atoms with van der Waals surface area (Å²) in [7, 11) is 0. The van der Waals surface area contributed by atoms with Gasteiger partial charge in [0.25, 0.3) is 0 Å². The van der Waals surface area contributed by atoms with Crippen LogP contribution in [-0.2, 0) is 12.8 Å². The SMILES string of the molecule is C#CCNc1nc2c(s1)CC(NCCC)CC2. The summed E-state index contributed by atoms with van der Waals surface area (Å²) >= 11 is 1.75. The van der Waals surface area contributed by atoms with Crippen LogP contribution in [0.1, 0.15) is 30.3 Å². The molecule has 1 aliphatic carbocycles. The number of fused-ring (bicyclic) bond motifs is 1. The van der Waals surface area contributed by atoms with Gasteiger partial charge in [-0.25, -0.2) is 4.98 Å². The maximum atomic E-state index is 5.23. The van der Waals surface area contributed by atoms with Crippen molar-refractivity contribution < 1.29 is 0 Å². The van der Waals surface area contributed by atoms with Crippen LogP contribution < -0.4 is 10.6 Å². The van der Waals surface area contributed by atoms with E-state index in [1.54, 1.807) is 11.3 Å². The van der Waals surface area contributed by atoms with Crippen molar-refractivity contribution in [1.29, 1.82) is 0 Å². The maximum Gasteiger partial charge on any atom is 0.183 e. The zero-order valence-electron chi connectivity index (χ0n) is 10.3. The second-order valence-electron chi connectivity index (χ2n) is 4.34. The second-order valence-corrected chi connectivity index (χ2v) is 5.42. The fraction of sp³-hybridized carbons (Fsp3) is 0.615. The Bertz CT molecular complexity index is 405. The molecule has 2 rings (SSSR count). The van der Waals surface area contributed by atoms with Crippen LogP contribution in [0.4, 0.5) is 5.13 Å². The Morgan fingerprint density at radius 1 is 1.59 bits per heavy atom. The van der Waals surface area contributed by atoms with Gasteiger partial charge in [-0.2, -0.15) is 0 Å². The third-order valence-electron chi connectivity index (χ3n) is 2.96. The van der Waals surface area contributed by atoms with Gasteiger partial charge in [0, 0.05) is 10.9 Å². The molecule has 1 aromatic heterocycles. The molecule has 1 unspecified atom stereocenters. The van der Waals surface area contributed by atoms with Crippen molar-refractivity contribution in [1.82, 2.24) is 10.3 Å². The van der Waals surface area contributed by atoms with E-state index in [1.165, 1.54) is 23.4 Å². The normalized spacial score (nSPS) is 18.5. The van der Waals surface area contributed by atoms with Crippen LogP contribution >= 0.6 is 11.3 Å². The molecule has 92 valence electrons. The van der Waals surface area contributed by atoms with Gasteiger partial charge >= 0.3 is 0 Å². The predicted octanol–water partition coefficient (Wildman–Crippen LogP) is 2.05. The first-order valence-electron chi connectivity index (χ1n) is 6.22. The minimum absolute atomic E-state index is 0.559. The number of anilines is 1. The number of hydrogen-bond donors (Lipinski definition) is 2. The standard InChI is InChI=1S/C13H19N3S/c1-3-7-14-10-5-6-11-12(9-10)17-13(16-11)15-8-4-2/h2,10,14H,3,5-9H2,1H3,(H,15,16). The molecule has 1 aliphatic rings. The van der Waals surface area contributed by atoms with Gasteiger partial charge in [0.05, 0.1) is 12.2 Å². The summed E-state index contributed by atoms with van der Waals surface area (Å²) in [6.45, 7) is 3.88. The quantitative estimate of drug-likeness (QED) is 0.784. The fourth-order valence-corrected chi connectivity index (χ4v) is 3.18. The van der Waals surface area contributed by atoms with Crippen LogP contribution in [0, 0.1) is 12.3 Å². The smallest absolute Gasteiger partial charge is 0.183 e. The molecule has 1 atom stereocenters. The van der Waals surface area contributed by atoms with Crippen LogP contribution in [-0.4, -0.2) is 24.1 Å². The van der Waals surface area contributed by atoms with Crippen molar-refractivity contribution in [3.8, 4) is 12.3 Å². The van der Waals surface area contributed by atoms with Crippen LogP contribution in [0.3, 0.4) is 0 Å². The Labute approximate surface area is 107 Å². The average molecular weight is 249 g/mol. The molecule has 0 saturated heterocycles. The van der Waals surface area contributed by atoms with Crippen molar-refractivity contribution in [2.75, 3.05) is 18.4 Å². The molecular formula is C13H19N3S. The van der Waals surface area contributed by atoms with Gasteiger partial charge in [0.1, 0.15) is 0 Å². The van der Waals surface area contributed by atoms with E-state index in [0.29, 0.717) is 12.6 Å². The molecule has 17 heavy (non-hydrogen) atoms. The predicted molar refractivity (Wildman–Crippen MR) is 73.5 cm³/mol. The molecule has 0 fully saturated rings. The van der Waals surface area contributed by atoms with E-state index < -0.39 is 0 Å². The Balaban J connectivity index is 1.95. The first-order chi connectivity index (χ1) is 8.33. The first-order valence-corrected chi connectivity index (χ1v) is 7.04. The highest BCUT2D eigenvalue weighted by atomic mass is 32.1. The van der Waals surface area contributed by atoms with E-state index in [0.717, 1.165) is 24.5 Å². The Morgan fingerprint density at radius 2 is 2.47 bits per heavy atom. The molecule has 1 aromatic rings. The van der Waals surface area contributed by atoms with Crippen molar-refractivity contribution >= 4 is 16.5 Å². The number of nitrogens with one attached hydrogen (secondary N) is 2. The molecule has 0 radical (unpaired) electrons. The van der Waals surface area contributed by atoms with Crippen molar-refractivity contribution in [3.05, 3.63) is 10.6 Å². The van der Waals surface area contributed by atoms with Crippen molar-refractivity contribution in [2.24, 2.45) is 0 Å². The third kappa shape index (κ3) is 3.21. The van der Waals surface area contributed by atoms with E-state index in [9.17, 15) is 0 Å². The number of rotatable bonds is 5. The van der Waals surface area contributed by atoms with Gasteiger partial charge in [0.15, 0.2) is 5.13 Å². The lowest BCUT2D eigenvalue weighted by Gasteiger charge is -2.21. The molecule has 2 N–H and O–H groups in total. The molecule has 0 saturated carbocycles. The Kier molecular flexibility index (Phi) is 4.41. The summed E-state index contributed by atoms with van der Waals surface area (Å²) in [5.41, 5.74) is 1.27. The van der Waals surface area contributed by atoms with Gasteiger partial charge in [-0.1, -0.05) is 12.8 Å². The summed E-state index contributed by atoms with van der Waals surface area (Å²) in [4.78, 5) is 6.01. The Hall–Kier alpha value is -1.05. The van der Waals surface area contributed by atoms with Gasteiger partial charge in [-0.3, -0.25) is 0 Å². The van der Waals surface area contributed by atoms with Crippen molar-refractivity contribution in [3.63, 3.8) is 0 Å². The number of nitrogens with zero attached hydrogens (tertiary/aromatic N) is 1. The minimum Gasteiger partial charge on any atom is -0.351 e. The summed E-state index contributed by atoms with van der Waals surface area (Å²) in [6, 6.07) is 0.628. The highest BCUT2D eigenvalue weighted by Crippen LogP contribution is 2.29. The average Bonchev–Trinajstić information content (AvgIpc) is 2.75. The van der Waals surface area contributed by atoms with Crippen LogP contribution in [0.25, 0.3) is 0 Å². The van der Waals surface area contributed by atoms with E-state index in [-0.39, 0.29) is 0 Å². The first kappa shape index (κ1) is 12.4. The molecule has 0 amide bonds. The number of terminal acetylenes is 1. The number of hydrogen-bond acceptors (Lipinski definition) is 4. The molecule has 0 aliphatic heterocycles. The molecule has 3 nitrogen and oxygen atoms in total. The topological polar surface area (TPSA) is 37.0 Å². The van der Waals surface area contributed by atoms with Crippen LogP contribution in [0.15, 0.2) is 0 Å². The highest BCUT2D eigenvalue weighted by Gasteiger charge is 2.21. The lowest BCUT2D eigenvalue weighted by atomic mass is 9.98. The zero-order chi connectivity index (χ0) is 12.1. The summed E-state index contributed by atoms with van der Waals surface area (Å²) < 4.78 is 0. The largest absolute Gasteiger partial charge is 0.351 e. The number of aryl methyl sites for hydroxylation is 1. The Morgan fingerprint density at radius 3 is 3.24 bits per heavy atom. The molecule has 1 heterocycles. The van der Waals surface area contributed by atoms with E-state index in [1.807, 2.05) is 0 Å². The summed E-state index contributed by atoms with van der Waals surface area (Å²) in [5, 5.41) is 7.73. The van der Waals surface area contributed by atoms with Gasteiger partial charge in [-0.15, -0.1) is 17.8 Å². The van der Waals surface area contributed by atoms with Crippen LogP contribution in [0.2, 0.25) is 0 Å². The minimum atomic E-state index is 0.559. The molecule has 0 aromatic carbocycles. The lowest BCUT2D eigenvalue weighted by Crippen LogP contribution is -2.34. The fourth-order valence-electron chi connectivity index (χ4n) is 2.10. The van der Waals surface area contributed by atoms with Gasteiger partial charge in [0.2, 0.25) is 0 Å². The van der Waals surface area contributed by atoms with E-state index >= 15 is 0 Å². The van der Waals surface area contributed by atoms with Crippen molar-refractivity contribution in [2.45, 2.75) is 38.6 Å². The zero-order valence-corrected chi connectivity index (χ0v) is 11.1. The third-order valence-corrected chi connectivity index (χ3v) is 4.04. The van der Waals surface area contributed by atoms with Gasteiger partial charge < -0.3 is 10.6 Å². The van der Waals surface area contributed by atoms with E-state index in [2.05, 4.69) is 28.5 Å². The van der Waals surface area contributed by atoms with Gasteiger partial charge in [-0.05, 0) is 32.2 Å². The summed E-state index contributed by atoms with van der Waals surface area (Å²) in [5.74, 6) is 2.58.